The minimum absolute atomic E-state index is 0.534. The standard InChI is InChI=1S/C9H6N2.C2H6/c1-7-2-3-8(5-10)4-9(7)6-11;1-2/h2-4H,1H3;1-2H3. The maximum Gasteiger partial charge on any atom is 0.0994 e. The summed E-state index contributed by atoms with van der Waals surface area (Å²) in [5.41, 5.74) is 2.02. The Morgan fingerprint density at radius 3 is 2.15 bits per heavy atom. The van der Waals surface area contributed by atoms with Gasteiger partial charge in [-0.3, -0.25) is 0 Å². The predicted molar refractivity (Wildman–Crippen MR) is 52.0 cm³/mol. The summed E-state index contributed by atoms with van der Waals surface area (Å²) >= 11 is 0. The van der Waals surface area contributed by atoms with E-state index < -0.39 is 0 Å². The molecule has 0 aromatic heterocycles. The van der Waals surface area contributed by atoms with Crippen molar-refractivity contribution in [3.05, 3.63) is 34.9 Å². The van der Waals surface area contributed by atoms with Gasteiger partial charge in [-0.05, 0) is 24.6 Å². The van der Waals surface area contributed by atoms with Gasteiger partial charge in [-0.15, -0.1) is 0 Å². The lowest BCUT2D eigenvalue weighted by Crippen LogP contribution is -1.82. The second-order valence-electron chi connectivity index (χ2n) is 2.25. The molecule has 0 aliphatic heterocycles. The summed E-state index contributed by atoms with van der Waals surface area (Å²) in [5, 5.41) is 17.1. The summed E-state index contributed by atoms with van der Waals surface area (Å²) in [6.07, 6.45) is 0. The van der Waals surface area contributed by atoms with E-state index in [9.17, 15) is 0 Å². The highest BCUT2D eigenvalue weighted by molar-refractivity contribution is 5.43. The number of rotatable bonds is 0. The average Bonchev–Trinajstić information content (AvgIpc) is 2.22. The van der Waals surface area contributed by atoms with Crippen molar-refractivity contribution in [3.8, 4) is 12.1 Å². The molecule has 0 bridgehead atoms. The van der Waals surface area contributed by atoms with Gasteiger partial charge in [0.2, 0.25) is 0 Å². The lowest BCUT2D eigenvalue weighted by atomic mass is 10.1. The van der Waals surface area contributed by atoms with E-state index in [4.69, 9.17) is 10.5 Å². The van der Waals surface area contributed by atoms with Gasteiger partial charge in [0.1, 0.15) is 0 Å². The Hall–Kier alpha value is -1.80. The molecule has 0 aliphatic carbocycles. The Morgan fingerprint density at radius 1 is 1.08 bits per heavy atom. The van der Waals surface area contributed by atoms with Crippen molar-refractivity contribution < 1.29 is 0 Å². The SMILES string of the molecule is CC.Cc1ccc(C#N)cc1C#N. The highest BCUT2D eigenvalue weighted by atomic mass is 14.3. The topological polar surface area (TPSA) is 47.6 Å². The van der Waals surface area contributed by atoms with Crippen LogP contribution >= 0.6 is 0 Å². The molecule has 0 heterocycles. The van der Waals surface area contributed by atoms with Crippen LogP contribution in [0.2, 0.25) is 0 Å². The molecule has 13 heavy (non-hydrogen) atoms. The zero-order valence-corrected chi connectivity index (χ0v) is 8.13. The molecule has 1 aromatic carbocycles. The summed E-state index contributed by atoms with van der Waals surface area (Å²) < 4.78 is 0. The van der Waals surface area contributed by atoms with Gasteiger partial charge in [0, 0.05) is 0 Å². The van der Waals surface area contributed by atoms with Gasteiger partial charge >= 0.3 is 0 Å². The zero-order valence-electron chi connectivity index (χ0n) is 8.13. The fourth-order valence-electron chi connectivity index (χ4n) is 0.812. The van der Waals surface area contributed by atoms with Crippen LogP contribution < -0.4 is 0 Å². The molecule has 0 atom stereocenters. The number of hydrogen-bond acceptors (Lipinski definition) is 2. The molecule has 0 aliphatic rings. The van der Waals surface area contributed by atoms with E-state index >= 15 is 0 Å². The molecule has 0 unspecified atom stereocenters. The molecule has 2 heteroatoms. The molecule has 0 saturated carbocycles. The van der Waals surface area contributed by atoms with Gasteiger partial charge in [0.15, 0.2) is 0 Å². The molecule has 2 nitrogen and oxygen atoms in total. The smallest absolute Gasteiger partial charge is 0.0994 e. The largest absolute Gasteiger partial charge is 0.192 e. The molecule has 0 amide bonds. The van der Waals surface area contributed by atoms with Crippen molar-refractivity contribution in [2.75, 3.05) is 0 Å². The van der Waals surface area contributed by atoms with E-state index in [2.05, 4.69) is 0 Å². The van der Waals surface area contributed by atoms with Gasteiger partial charge in [-0.1, -0.05) is 19.9 Å². The van der Waals surface area contributed by atoms with E-state index in [-0.39, 0.29) is 0 Å². The average molecular weight is 172 g/mol. The fourth-order valence-corrected chi connectivity index (χ4v) is 0.812. The predicted octanol–water partition coefficient (Wildman–Crippen LogP) is 2.76. The van der Waals surface area contributed by atoms with Gasteiger partial charge in [-0.25, -0.2) is 0 Å². The van der Waals surface area contributed by atoms with Gasteiger partial charge in [0.25, 0.3) is 0 Å². The van der Waals surface area contributed by atoms with Crippen molar-refractivity contribution in [2.24, 2.45) is 0 Å². The molecule has 66 valence electrons. The first-order valence-corrected chi connectivity index (χ1v) is 4.19. The van der Waals surface area contributed by atoms with Crippen LogP contribution in [0.5, 0.6) is 0 Å². The minimum Gasteiger partial charge on any atom is -0.192 e. The minimum atomic E-state index is 0.534. The molecule has 0 spiro atoms. The Labute approximate surface area is 79.0 Å². The number of hydrogen-bond donors (Lipinski definition) is 0. The van der Waals surface area contributed by atoms with Crippen LogP contribution in [0.15, 0.2) is 18.2 Å². The van der Waals surface area contributed by atoms with E-state index in [0.717, 1.165) is 5.56 Å². The third-order valence-electron chi connectivity index (χ3n) is 1.49. The molecule has 0 N–H and O–H groups in total. The zero-order chi connectivity index (χ0) is 10.3. The van der Waals surface area contributed by atoms with Crippen molar-refractivity contribution in [1.29, 1.82) is 10.5 Å². The maximum absolute atomic E-state index is 8.58. The number of nitrogens with zero attached hydrogens (tertiary/aromatic N) is 2. The summed E-state index contributed by atoms with van der Waals surface area (Å²) in [6, 6.07) is 9.07. The van der Waals surface area contributed by atoms with Crippen LogP contribution in [-0.4, -0.2) is 0 Å². The normalized spacial score (nSPS) is 7.46. The Balaban J connectivity index is 0.000000671. The first-order chi connectivity index (χ1) is 6.27. The van der Waals surface area contributed by atoms with E-state index in [0.29, 0.717) is 11.1 Å². The van der Waals surface area contributed by atoms with E-state index in [1.54, 1.807) is 18.2 Å². The van der Waals surface area contributed by atoms with Crippen molar-refractivity contribution in [2.45, 2.75) is 20.8 Å². The van der Waals surface area contributed by atoms with Crippen molar-refractivity contribution in [1.82, 2.24) is 0 Å². The number of benzene rings is 1. The quantitative estimate of drug-likeness (QED) is 0.604. The number of aryl methyl sites for hydroxylation is 1. The molecule has 1 aromatic rings. The maximum atomic E-state index is 8.58. The highest BCUT2D eigenvalue weighted by Crippen LogP contribution is 2.08. The van der Waals surface area contributed by atoms with E-state index in [1.165, 1.54) is 0 Å². The third kappa shape index (κ3) is 2.97. The lowest BCUT2D eigenvalue weighted by molar-refractivity contribution is 1.37. The monoisotopic (exact) mass is 172 g/mol. The van der Waals surface area contributed by atoms with Crippen LogP contribution in [-0.2, 0) is 0 Å². The molecular formula is C11H12N2. The fraction of sp³-hybridized carbons (Fsp3) is 0.273. The number of nitriles is 2. The van der Waals surface area contributed by atoms with Crippen LogP contribution in [0, 0.1) is 29.6 Å². The Kier molecular flexibility index (Phi) is 5.00. The van der Waals surface area contributed by atoms with E-state index in [1.807, 2.05) is 32.9 Å². The Bertz CT molecular complexity index is 353. The van der Waals surface area contributed by atoms with Gasteiger partial charge < -0.3 is 0 Å². The second-order valence-corrected chi connectivity index (χ2v) is 2.25. The summed E-state index contributed by atoms with van der Waals surface area (Å²) in [5.74, 6) is 0. The first kappa shape index (κ1) is 11.2. The first-order valence-electron chi connectivity index (χ1n) is 4.19. The summed E-state index contributed by atoms with van der Waals surface area (Å²) in [7, 11) is 0. The second kappa shape index (κ2) is 5.80. The molecule has 0 fully saturated rings. The van der Waals surface area contributed by atoms with Crippen molar-refractivity contribution in [3.63, 3.8) is 0 Å². The van der Waals surface area contributed by atoms with Crippen LogP contribution in [0.3, 0.4) is 0 Å². The molecule has 0 radical (unpaired) electrons. The van der Waals surface area contributed by atoms with Crippen LogP contribution in [0.4, 0.5) is 0 Å². The van der Waals surface area contributed by atoms with Crippen molar-refractivity contribution >= 4 is 0 Å². The summed E-state index contributed by atoms with van der Waals surface area (Å²) in [4.78, 5) is 0. The van der Waals surface area contributed by atoms with Crippen LogP contribution in [0.25, 0.3) is 0 Å². The third-order valence-corrected chi connectivity index (χ3v) is 1.49. The Morgan fingerprint density at radius 2 is 1.69 bits per heavy atom. The lowest BCUT2D eigenvalue weighted by Gasteiger charge is -1.94. The molecule has 0 saturated heterocycles. The van der Waals surface area contributed by atoms with Crippen LogP contribution in [0.1, 0.15) is 30.5 Å². The molecular weight excluding hydrogens is 160 g/mol. The van der Waals surface area contributed by atoms with Gasteiger partial charge in [0.05, 0.1) is 23.3 Å². The highest BCUT2D eigenvalue weighted by Gasteiger charge is 1.96. The summed E-state index contributed by atoms with van der Waals surface area (Å²) in [6.45, 7) is 5.85. The molecule has 1 rings (SSSR count). The van der Waals surface area contributed by atoms with Gasteiger partial charge in [-0.2, -0.15) is 10.5 Å².